The highest BCUT2D eigenvalue weighted by Crippen LogP contribution is 2.32. The molecule has 0 saturated carbocycles. The fourth-order valence-electron chi connectivity index (χ4n) is 4.92. The summed E-state index contributed by atoms with van der Waals surface area (Å²) in [5, 5.41) is 0.613. The summed E-state index contributed by atoms with van der Waals surface area (Å²) < 4.78 is 13.5. The van der Waals surface area contributed by atoms with Crippen LogP contribution in [-0.2, 0) is 9.53 Å². The maximum atomic E-state index is 13.9. The standard InChI is InChI=1S/C31H30ClN3O4S/c1-5-34(6-2)23-13-11-20(12-14-23)28-27(30(37)38-7-3)19(4)33-31-35(28)29(36)26(40-31)18-24-15-16-25(39-24)21-9-8-10-22(32)17-21/h8-18,28H,5-7H2,1-4H3/b26-18+/t28-/m1/s1. The van der Waals surface area contributed by atoms with Crippen LogP contribution in [-0.4, -0.2) is 30.2 Å². The molecule has 4 aromatic rings. The monoisotopic (exact) mass is 575 g/mol. The molecule has 7 nitrogen and oxygen atoms in total. The second-order valence-corrected chi connectivity index (χ2v) is 10.7. The van der Waals surface area contributed by atoms with Gasteiger partial charge in [-0.25, -0.2) is 9.79 Å². The summed E-state index contributed by atoms with van der Waals surface area (Å²) in [6.07, 6.45) is 1.71. The van der Waals surface area contributed by atoms with Crippen LogP contribution in [0.3, 0.4) is 0 Å². The van der Waals surface area contributed by atoms with Crippen molar-refractivity contribution in [3.8, 4) is 11.3 Å². The number of thiazole rings is 1. The molecule has 9 heteroatoms. The van der Waals surface area contributed by atoms with Crippen LogP contribution in [0.4, 0.5) is 5.69 Å². The Balaban J connectivity index is 1.61. The number of nitrogens with zero attached hydrogens (tertiary/aromatic N) is 3. The molecule has 206 valence electrons. The van der Waals surface area contributed by atoms with Crippen molar-refractivity contribution in [3.05, 3.63) is 108 Å². The molecular formula is C31H30ClN3O4S. The lowest BCUT2D eigenvalue weighted by Crippen LogP contribution is -2.40. The van der Waals surface area contributed by atoms with Gasteiger partial charge in [0, 0.05) is 35.4 Å². The van der Waals surface area contributed by atoms with E-state index in [1.165, 1.54) is 11.3 Å². The van der Waals surface area contributed by atoms with Crippen LogP contribution in [0.25, 0.3) is 17.4 Å². The maximum Gasteiger partial charge on any atom is 0.338 e. The lowest BCUT2D eigenvalue weighted by molar-refractivity contribution is -0.139. The molecule has 2 aromatic heterocycles. The first-order valence-electron chi connectivity index (χ1n) is 13.2. The van der Waals surface area contributed by atoms with Crippen LogP contribution in [0, 0.1) is 0 Å². The van der Waals surface area contributed by atoms with Gasteiger partial charge in [-0.3, -0.25) is 9.36 Å². The molecule has 2 aromatic carbocycles. The normalized spacial score (nSPS) is 15.1. The number of hydrogen-bond donors (Lipinski definition) is 0. The predicted molar refractivity (Wildman–Crippen MR) is 160 cm³/mol. The Kier molecular flexibility index (Phi) is 8.09. The number of rotatable bonds is 8. The van der Waals surface area contributed by atoms with Crippen molar-refractivity contribution in [3.63, 3.8) is 0 Å². The zero-order chi connectivity index (χ0) is 28.4. The van der Waals surface area contributed by atoms with E-state index in [1.807, 2.05) is 54.6 Å². The third-order valence-electron chi connectivity index (χ3n) is 6.86. The predicted octanol–water partition coefficient (Wildman–Crippen LogP) is 5.56. The number of halogens is 1. The van der Waals surface area contributed by atoms with Crippen molar-refractivity contribution in [2.45, 2.75) is 33.7 Å². The minimum atomic E-state index is -0.665. The third-order valence-corrected chi connectivity index (χ3v) is 8.08. The molecular weight excluding hydrogens is 546 g/mol. The molecule has 5 rings (SSSR count). The number of esters is 1. The Morgan fingerprint density at radius 2 is 1.88 bits per heavy atom. The summed E-state index contributed by atoms with van der Waals surface area (Å²) in [6, 6.07) is 18.4. The molecule has 0 spiro atoms. The molecule has 1 aliphatic rings. The zero-order valence-corrected chi connectivity index (χ0v) is 24.4. The number of fused-ring (bicyclic) bond motifs is 1. The summed E-state index contributed by atoms with van der Waals surface area (Å²) in [5.41, 5.74) is 3.37. The molecule has 0 amide bonds. The smallest absolute Gasteiger partial charge is 0.338 e. The lowest BCUT2D eigenvalue weighted by atomic mass is 9.95. The van der Waals surface area contributed by atoms with Crippen LogP contribution in [0.2, 0.25) is 5.02 Å². The van der Waals surface area contributed by atoms with E-state index in [-0.39, 0.29) is 12.2 Å². The van der Waals surface area contributed by atoms with E-state index in [1.54, 1.807) is 30.6 Å². The molecule has 1 aliphatic heterocycles. The first-order valence-corrected chi connectivity index (χ1v) is 14.4. The van der Waals surface area contributed by atoms with E-state index in [2.05, 4.69) is 23.7 Å². The Hall–Kier alpha value is -3.88. The number of allylic oxidation sites excluding steroid dienone is 1. The molecule has 0 bridgehead atoms. The van der Waals surface area contributed by atoms with Crippen molar-refractivity contribution in [2.75, 3.05) is 24.6 Å². The third kappa shape index (κ3) is 5.29. The molecule has 0 radical (unpaired) electrons. The Bertz CT molecular complexity index is 1760. The number of hydrogen-bond acceptors (Lipinski definition) is 7. The second kappa shape index (κ2) is 11.7. The Morgan fingerprint density at radius 3 is 2.55 bits per heavy atom. The van der Waals surface area contributed by atoms with E-state index in [9.17, 15) is 9.59 Å². The number of benzene rings is 2. The van der Waals surface area contributed by atoms with E-state index in [0.717, 1.165) is 29.9 Å². The van der Waals surface area contributed by atoms with Crippen molar-refractivity contribution in [1.29, 1.82) is 0 Å². The highest BCUT2D eigenvalue weighted by Gasteiger charge is 2.33. The Morgan fingerprint density at radius 1 is 1.12 bits per heavy atom. The van der Waals surface area contributed by atoms with E-state index in [0.29, 0.717) is 37.1 Å². The van der Waals surface area contributed by atoms with Crippen molar-refractivity contribution < 1.29 is 13.9 Å². The van der Waals surface area contributed by atoms with Gasteiger partial charge in [-0.2, -0.15) is 0 Å². The fraction of sp³-hybridized carbons (Fsp3) is 0.258. The van der Waals surface area contributed by atoms with Crippen LogP contribution >= 0.6 is 22.9 Å². The first-order chi connectivity index (χ1) is 19.3. The van der Waals surface area contributed by atoms with Gasteiger partial charge in [0.15, 0.2) is 4.80 Å². The van der Waals surface area contributed by atoms with Crippen LogP contribution in [0.5, 0.6) is 0 Å². The topological polar surface area (TPSA) is 77.0 Å². The number of furan rings is 1. The summed E-state index contributed by atoms with van der Waals surface area (Å²) in [4.78, 5) is 34.4. The molecule has 0 fully saturated rings. The molecule has 0 N–H and O–H groups in total. The molecule has 0 saturated heterocycles. The van der Waals surface area contributed by atoms with E-state index in [4.69, 9.17) is 20.8 Å². The quantitative estimate of drug-likeness (QED) is 0.257. The van der Waals surface area contributed by atoms with Crippen LogP contribution < -0.4 is 19.8 Å². The largest absolute Gasteiger partial charge is 0.463 e. The zero-order valence-electron chi connectivity index (χ0n) is 22.8. The number of ether oxygens (including phenoxy) is 1. The molecule has 3 heterocycles. The number of carbonyl (C=O) groups excluding carboxylic acids is 1. The number of carbonyl (C=O) groups is 1. The highest BCUT2D eigenvalue weighted by molar-refractivity contribution is 7.07. The summed E-state index contributed by atoms with van der Waals surface area (Å²) in [6.45, 7) is 9.74. The molecule has 1 atom stereocenters. The van der Waals surface area contributed by atoms with Crippen LogP contribution in [0.15, 0.2) is 86.1 Å². The Labute approximate surface area is 241 Å². The van der Waals surface area contributed by atoms with Crippen LogP contribution in [0.1, 0.15) is 45.1 Å². The molecule has 40 heavy (non-hydrogen) atoms. The van der Waals surface area contributed by atoms with Gasteiger partial charge in [0.1, 0.15) is 11.5 Å². The number of aromatic nitrogens is 1. The van der Waals surface area contributed by atoms with E-state index >= 15 is 0 Å². The minimum Gasteiger partial charge on any atom is -0.463 e. The average Bonchev–Trinajstić information content (AvgIpc) is 3.53. The van der Waals surface area contributed by atoms with Crippen molar-refractivity contribution >= 4 is 40.7 Å². The molecule has 0 unspecified atom stereocenters. The van der Waals surface area contributed by atoms with Gasteiger partial charge in [-0.1, -0.05) is 47.2 Å². The van der Waals surface area contributed by atoms with Gasteiger partial charge in [0.05, 0.1) is 28.5 Å². The van der Waals surface area contributed by atoms with Gasteiger partial charge >= 0.3 is 5.97 Å². The first kappa shape index (κ1) is 27.7. The van der Waals surface area contributed by atoms with Gasteiger partial charge in [-0.15, -0.1) is 0 Å². The summed E-state index contributed by atoms with van der Waals surface area (Å²) in [7, 11) is 0. The van der Waals surface area contributed by atoms with Gasteiger partial charge in [-0.05, 0) is 69.7 Å². The average molecular weight is 576 g/mol. The summed E-state index contributed by atoms with van der Waals surface area (Å²) in [5.74, 6) is 0.697. The lowest BCUT2D eigenvalue weighted by Gasteiger charge is -2.26. The molecule has 0 aliphatic carbocycles. The second-order valence-electron chi connectivity index (χ2n) is 9.28. The maximum absolute atomic E-state index is 13.9. The summed E-state index contributed by atoms with van der Waals surface area (Å²) >= 11 is 7.40. The van der Waals surface area contributed by atoms with Gasteiger partial charge in [0.2, 0.25) is 0 Å². The highest BCUT2D eigenvalue weighted by atomic mass is 35.5. The SMILES string of the molecule is CCOC(=O)C1=C(C)N=c2s/c(=C/c3ccc(-c4cccc(Cl)c4)o3)c(=O)n2[C@@H]1c1ccc(N(CC)CC)cc1. The fourth-order valence-corrected chi connectivity index (χ4v) is 6.14. The van der Waals surface area contributed by atoms with Gasteiger partial charge < -0.3 is 14.1 Å². The van der Waals surface area contributed by atoms with Crippen molar-refractivity contribution in [2.24, 2.45) is 4.99 Å². The van der Waals surface area contributed by atoms with Gasteiger partial charge in [0.25, 0.3) is 5.56 Å². The van der Waals surface area contributed by atoms with Crippen molar-refractivity contribution in [1.82, 2.24) is 4.57 Å². The van der Waals surface area contributed by atoms with E-state index < -0.39 is 12.0 Å². The number of anilines is 1. The minimum absolute atomic E-state index is 0.223.